The summed E-state index contributed by atoms with van der Waals surface area (Å²) in [4.78, 5) is 0. The topological polar surface area (TPSA) is 30.5 Å². The molecule has 0 radical (unpaired) electrons. The molecule has 2 aliphatic rings. The van der Waals surface area contributed by atoms with Gasteiger partial charge in [0.25, 0.3) is 0 Å². The molecular formula is C13H25NO2. The summed E-state index contributed by atoms with van der Waals surface area (Å²) >= 11 is 0. The maximum Gasteiger partial charge on any atom is 0.0619 e. The molecular weight excluding hydrogens is 202 g/mol. The second-order valence-corrected chi connectivity index (χ2v) is 5.19. The van der Waals surface area contributed by atoms with Gasteiger partial charge in [0.15, 0.2) is 0 Å². The highest BCUT2D eigenvalue weighted by Gasteiger charge is 2.19. The molecule has 3 unspecified atom stereocenters. The van der Waals surface area contributed by atoms with E-state index in [0.29, 0.717) is 18.2 Å². The third kappa shape index (κ3) is 4.04. The maximum atomic E-state index is 5.64. The Morgan fingerprint density at radius 3 is 2.81 bits per heavy atom. The van der Waals surface area contributed by atoms with Crippen LogP contribution in [0, 0.1) is 0 Å². The van der Waals surface area contributed by atoms with E-state index >= 15 is 0 Å². The zero-order valence-corrected chi connectivity index (χ0v) is 10.4. The van der Waals surface area contributed by atoms with E-state index in [1.165, 1.54) is 38.5 Å². The summed E-state index contributed by atoms with van der Waals surface area (Å²) in [6, 6.07) is 1.17. The second-order valence-electron chi connectivity index (χ2n) is 5.19. The van der Waals surface area contributed by atoms with Gasteiger partial charge >= 0.3 is 0 Å². The highest BCUT2D eigenvalue weighted by atomic mass is 16.5. The minimum absolute atomic E-state index is 0.534. The third-order valence-corrected chi connectivity index (χ3v) is 3.63. The van der Waals surface area contributed by atoms with Crippen LogP contribution in [0.2, 0.25) is 0 Å². The molecule has 0 amide bonds. The smallest absolute Gasteiger partial charge is 0.0619 e. The molecule has 2 aliphatic heterocycles. The van der Waals surface area contributed by atoms with Crippen LogP contribution in [0.15, 0.2) is 0 Å². The Bertz CT molecular complexity index is 186. The Hall–Kier alpha value is -0.120. The van der Waals surface area contributed by atoms with Crippen molar-refractivity contribution >= 4 is 0 Å². The zero-order chi connectivity index (χ0) is 11.2. The largest absolute Gasteiger partial charge is 0.380 e. The summed E-state index contributed by atoms with van der Waals surface area (Å²) in [7, 11) is 0. The molecule has 2 saturated heterocycles. The van der Waals surface area contributed by atoms with Crippen LogP contribution in [-0.4, -0.2) is 38.0 Å². The van der Waals surface area contributed by atoms with E-state index in [-0.39, 0.29) is 0 Å². The van der Waals surface area contributed by atoms with Crippen LogP contribution in [0.3, 0.4) is 0 Å². The lowest BCUT2D eigenvalue weighted by Gasteiger charge is -2.27. The molecule has 0 aromatic rings. The van der Waals surface area contributed by atoms with Gasteiger partial charge in [0.1, 0.15) is 0 Å². The van der Waals surface area contributed by atoms with E-state index in [1.54, 1.807) is 0 Å². The maximum absolute atomic E-state index is 5.64. The van der Waals surface area contributed by atoms with E-state index in [4.69, 9.17) is 9.47 Å². The first kappa shape index (κ1) is 12.3. The fourth-order valence-corrected chi connectivity index (χ4v) is 2.67. The Balaban J connectivity index is 1.57. The zero-order valence-electron chi connectivity index (χ0n) is 10.4. The highest BCUT2D eigenvalue weighted by molar-refractivity contribution is 4.75. The van der Waals surface area contributed by atoms with Crippen molar-refractivity contribution in [3.8, 4) is 0 Å². The van der Waals surface area contributed by atoms with Crippen molar-refractivity contribution in [2.45, 2.75) is 63.6 Å². The monoisotopic (exact) mass is 227 g/mol. The molecule has 3 atom stereocenters. The SMILES string of the molecule is CC(CCC1CCCO1)NC1CCCOC1. The van der Waals surface area contributed by atoms with E-state index < -0.39 is 0 Å². The number of rotatable bonds is 5. The highest BCUT2D eigenvalue weighted by Crippen LogP contribution is 2.18. The summed E-state index contributed by atoms with van der Waals surface area (Å²) < 4.78 is 11.1. The normalized spacial score (nSPS) is 32.8. The van der Waals surface area contributed by atoms with Gasteiger partial charge in [-0.25, -0.2) is 0 Å². The Labute approximate surface area is 98.9 Å². The lowest BCUT2D eigenvalue weighted by Crippen LogP contribution is -2.42. The van der Waals surface area contributed by atoms with Crippen LogP contribution >= 0.6 is 0 Å². The molecule has 2 rings (SSSR count). The molecule has 0 spiro atoms. The van der Waals surface area contributed by atoms with Gasteiger partial charge in [-0.05, 0) is 45.4 Å². The molecule has 0 aliphatic carbocycles. The van der Waals surface area contributed by atoms with Crippen LogP contribution in [0.1, 0.15) is 45.4 Å². The van der Waals surface area contributed by atoms with Crippen LogP contribution in [0.4, 0.5) is 0 Å². The van der Waals surface area contributed by atoms with E-state index in [2.05, 4.69) is 12.2 Å². The summed E-state index contributed by atoms with van der Waals surface area (Å²) in [6.45, 7) is 5.10. The number of hydrogen-bond donors (Lipinski definition) is 1. The predicted octanol–water partition coefficient (Wildman–Crippen LogP) is 2.10. The van der Waals surface area contributed by atoms with Gasteiger partial charge in [-0.15, -0.1) is 0 Å². The summed E-state index contributed by atoms with van der Waals surface area (Å²) in [5.41, 5.74) is 0. The van der Waals surface area contributed by atoms with Gasteiger partial charge in [0.2, 0.25) is 0 Å². The van der Waals surface area contributed by atoms with Gasteiger partial charge < -0.3 is 14.8 Å². The van der Waals surface area contributed by atoms with Crippen molar-refractivity contribution in [3.63, 3.8) is 0 Å². The summed E-state index contributed by atoms with van der Waals surface area (Å²) in [6.07, 6.45) is 7.96. The van der Waals surface area contributed by atoms with Crippen molar-refractivity contribution in [3.05, 3.63) is 0 Å². The number of hydrogen-bond acceptors (Lipinski definition) is 3. The Morgan fingerprint density at radius 2 is 2.12 bits per heavy atom. The molecule has 0 saturated carbocycles. The minimum Gasteiger partial charge on any atom is -0.380 e. The first-order valence-electron chi connectivity index (χ1n) is 6.80. The van der Waals surface area contributed by atoms with E-state index in [1.807, 2.05) is 0 Å². The van der Waals surface area contributed by atoms with Gasteiger partial charge in [-0.1, -0.05) is 0 Å². The van der Waals surface area contributed by atoms with Crippen molar-refractivity contribution in [2.75, 3.05) is 19.8 Å². The lowest BCUT2D eigenvalue weighted by atomic mass is 10.0. The molecule has 3 nitrogen and oxygen atoms in total. The molecule has 16 heavy (non-hydrogen) atoms. The first-order chi connectivity index (χ1) is 7.84. The fraction of sp³-hybridized carbons (Fsp3) is 1.00. The van der Waals surface area contributed by atoms with Gasteiger partial charge in [0.05, 0.1) is 12.7 Å². The van der Waals surface area contributed by atoms with Gasteiger partial charge in [-0.2, -0.15) is 0 Å². The fourth-order valence-electron chi connectivity index (χ4n) is 2.67. The quantitative estimate of drug-likeness (QED) is 0.780. The van der Waals surface area contributed by atoms with Crippen LogP contribution in [-0.2, 0) is 9.47 Å². The Kier molecular flexibility index (Phi) is 5.07. The average Bonchev–Trinajstić information content (AvgIpc) is 2.81. The third-order valence-electron chi connectivity index (χ3n) is 3.63. The average molecular weight is 227 g/mol. The van der Waals surface area contributed by atoms with Crippen molar-refractivity contribution in [1.82, 2.24) is 5.32 Å². The molecule has 0 bridgehead atoms. The number of nitrogens with one attached hydrogen (secondary N) is 1. The Morgan fingerprint density at radius 1 is 1.25 bits per heavy atom. The van der Waals surface area contributed by atoms with Crippen molar-refractivity contribution in [1.29, 1.82) is 0 Å². The molecule has 1 N–H and O–H groups in total. The minimum atomic E-state index is 0.534. The van der Waals surface area contributed by atoms with Crippen molar-refractivity contribution < 1.29 is 9.47 Å². The van der Waals surface area contributed by atoms with Gasteiger partial charge in [-0.3, -0.25) is 0 Å². The van der Waals surface area contributed by atoms with Crippen molar-refractivity contribution in [2.24, 2.45) is 0 Å². The van der Waals surface area contributed by atoms with Gasteiger partial charge in [0, 0.05) is 25.3 Å². The molecule has 2 heterocycles. The molecule has 3 heteroatoms. The molecule has 94 valence electrons. The first-order valence-corrected chi connectivity index (χ1v) is 6.80. The summed E-state index contributed by atoms with van der Waals surface area (Å²) in [5, 5.41) is 3.66. The molecule has 0 aromatic carbocycles. The van der Waals surface area contributed by atoms with Crippen LogP contribution in [0.25, 0.3) is 0 Å². The van der Waals surface area contributed by atoms with E-state index in [9.17, 15) is 0 Å². The van der Waals surface area contributed by atoms with Crippen LogP contribution in [0.5, 0.6) is 0 Å². The standard InChI is InChI=1S/C13H25NO2/c1-11(6-7-13-5-3-9-16-13)14-12-4-2-8-15-10-12/h11-14H,2-10H2,1H3. The molecule has 2 fully saturated rings. The molecule has 0 aromatic heterocycles. The summed E-state index contributed by atoms with van der Waals surface area (Å²) in [5.74, 6) is 0. The second kappa shape index (κ2) is 6.58. The number of ether oxygens (including phenoxy) is 2. The van der Waals surface area contributed by atoms with E-state index in [0.717, 1.165) is 19.8 Å². The lowest BCUT2D eigenvalue weighted by molar-refractivity contribution is 0.0643. The predicted molar refractivity (Wildman–Crippen MR) is 64.6 cm³/mol. The van der Waals surface area contributed by atoms with Crippen LogP contribution < -0.4 is 5.32 Å².